The van der Waals surface area contributed by atoms with Crippen LogP contribution in [0.25, 0.3) is 22.3 Å². The molecule has 0 atom stereocenters. The van der Waals surface area contributed by atoms with E-state index in [4.69, 9.17) is 14.4 Å². The van der Waals surface area contributed by atoms with Crippen molar-refractivity contribution in [1.82, 2.24) is 29.9 Å². The summed E-state index contributed by atoms with van der Waals surface area (Å²) in [5, 5.41) is 13.6. The Kier molecular flexibility index (Phi) is 6.08. The van der Waals surface area contributed by atoms with Crippen LogP contribution >= 0.6 is 0 Å². The van der Waals surface area contributed by atoms with E-state index in [1.54, 1.807) is 7.05 Å². The maximum absolute atomic E-state index is 14.9. The SMILES string of the molecule is CC(C)c1noc(N2CCC(Oc3ncnc4c(-c5ccc(S(N)(=O)=O)cc5F)n(C)nc34)CC2)n1. The van der Waals surface area contributed by atoms with Gasteiger partial charge in [0.05, 0.1) is 10.6 Å². The van der Waals surface area contributed by atoms with Gasteiger partial charge >= 0.3 is 6.01 Å². The van der Waals surface area contributed by atoms with Gasteiger partial charge in [0.25, 0.3) is 0 Å². The molecule has 36 heavy (non-hydrogen) atoms. The minimum absolute atomic E-state index is 0.122. The van der Waals surface area contributed by atoms with Crippen molar-refractivity contribution in [3.05, 3.63) is 36.2 Å². The van der Waals surface area contributed by atoms with Crippen LogP contribution in [0.4, 0.5) is 10.4 Å². The average molecular weight is 517 g/mol. The van der Waals surface area contributed by atoms with Crippen LogP contribution in [-0.2, 0) is 17.1 Å². The molecule has 0 amide bonds. The minimum atomic E-state index is -4.04. The molecule has 4 aromatic rings. The van der Waals surface area contributed by atoms with Gasteiger partial charge in [-0.15, -0.1) is 0 Å². The second-order valence-corrected chi connectivity index (χ2v) is 10.5. The van der Waals surface area contributed by atoms with Crippen LogP contribution in [0.5, 0.6) is 5.88 Å². The summed E-state index contributed by atoms with van der Waals surface area (Å²) in [4.78, 5) is 14.7. The van der Waals surface area contributed by atoms with Crippen LogP contribution in [0, 0.1) is 5.82 Å². The number of anilines is 1. The third kappa shape index (κ3) is 4.48. The van der Waals surface area contributed by atoms with Crippen molar-refractivity contribution in [3.63, 3.8) is 0 Å². The van der Waals surface area contributed by atoms with Gasteiger partial charge in [-0.2, -0.15) is 15.1 Å². The summed E-state index contributed by atoms with van der Waals surface area (Å²) in [6.45, 7) is 5.36. The Morgan fingerprint density at radius 1 is 1.19 bits per heavy atom. The monoisotopic (exact) mass is 516 g/mol. The molecule has 1 fully saturated rings. The van der Waals surface area contributed by atoms with Gasteiger partial charge in [0.2, 0.25) is 15.9 Å². The van der Waals surface area contributed by atoms with Crippen molar-refractivity contribution in [2.24, 2.45) is 12.2 Å². The molecule has 1 aliphatic rings. The van der Waals surface area contributed by atoms with E-state index in [9.17, 15) is 12.8 Å². The number of halogens is 1. The van der Waals surface area contributed by atoms with Crippen LogP contribution in [0.15, 0.2) is 33.9 Å². The van der Waals surface area contributed by atoms with Crippen molar-refractivity contribution >= 4 is 27.1 Å². The fraction of sp³-hybridized carbons (Fsp3) is 0.409. The normalized spacial score (nSPS) is 15.2. The summed E-state index contributed by atoms with van der Waals surface area (Å²) < 4.78 is 51.1. The molecule has 3 aromatic heterocycles. The van der Waals surface area contributed by atoms with E-state index in [0.717, 1.165) is 6.07 Å². The second-order valence-electron chi connectivity index (χ2n) is 8.93. The maximum atomic E-state index is 14.9. The van der Waals surface area contributed by atoms with Crippen molar-refractivity contribution < 1.29 is 22.1 Å². The summed E-state index contributed by atoms with van der Waals surface area (Å²) in [7, 11) is -2.39. The summed E-state index contributed by atoms with van der Waals surface area (Å²) in [6, 6.07) is 3.97. The zero-order chi connectivity index (χ0) is 25.6. The number of sulfonamides is 1. The molecular weight excluding hydrogens is 491 g/mol. The molecule has 2 N–H and O–H groups in total. The van der Waals surface area contributed by atoms with Crippen molar-refractivity contribution in [2.45, 2.75) is 43.6 Å². The average Bonchev–Trinajstić information content (AvgIpc) is 3.45. The fourth-order valence-electron chi connectivity index (χ4n) is 4.14. The first-order valence-electron chi connectivity index (χ1n) is 11.4. The summed E-state index contributed by atoms with van der Waals surface area (Å²) in [5.41, 5.74) is 1.26. The lowest BCUT2D eigenvalue weighted by atomic mass is 10.1. The highest BCUT2D eigenvalue weighted by molar-refractivity contribution is 7.89. The van der Waals surface area contributed by atoms with E-state index >= 15 is 0 Å². The highest BCUT2D eigenvalue weighted by Crippen LogP contribution is 2.33. The van der Waals surface area contributed by atoms with Gasteiger partial charge in [-0.1, -0.05) is 19.0 Å². The molecule has 0 saturated carbocycles. The Morgan fingerprint density at radius 2 is 1.94 bits per heavy atom. The van der Waals surface area contributed by atoms with Crippen LogP contribution < -0.4 is 14.8 Å². The van der Waals surface area contributed by atoms with Crippen molar-refractivity contribution in [2.75, 3.05) is 18.0 Å². The first kappa shape index (κ1) is 24.1. The Balaban J connectivity index is 1.37. The third-order valence-electron chi connectivity index (χ3n) is 6.05. The van der Waals surface area contributed by atoms with Gasteiger partial charge in [0.15, 0.2) is 11.3 Å². The standard InChI is InChI=1S/C22H25FN8O4S/c1-12(2)20-27-22(35-29-20)31-8-6-13(7-9-31)34-21-18-17(25-11-26-21)19(30(3)28-18)15-5-4-14(10-16(15)23)36(24,32)33/h4-5,10-13H,6-9H2,1-3H3,(H2,24,32,33). The molecule has 0 bridgehead atoms. The Bertz CT molecular complexity index is 1530. The number of nitrogens with two attached hydrogens (primary N) is 1. The smallest absolute Gasteiger partial charge is 0.324 e. The van der Waals surface area contributed by atoms with E-state index < -0.39 is 15.8 Å². The topological polar surface area (TPSA) is 155 Å². The molecule has 0 radical (unpaired) electrons. The van der Waals surface area contributed by atoms with Gasteiger partial charge in [0, 0.05) is 44.5 Å². The zero-order valence-corrected chi connectivity index (χ0v) is 20.7. The molecule has 4 heterocycles. The van der Waals surface area contributed by atoms with Gasteiger partial charge < -0.3 is 14.2 Å². The molecule has 0 unspecified atom stereocenters. The van der Waals surface area contributed by atoms with Gasteiger partial charge in [-0.05, 0) is 18.2 Å². The van der Waals surface area contributed by atoms with E-state index in [1.807, 2.05) is 18.7 Å². The quantitative estimate of drug-likeness (QED) is 0.404. The predicted octanol–water partition coefficient (Wildman–Crippen LogP) is 2.37. The number of benzene rings is 1. The first-order valence-corrected chi connectivity index (χ1v) is 12.9. The largest absolute Gasteiger partial charge is 0.473 e. The number of primary sulfonamides is 1. The van der Waals surface area contributed by atoms with E-state index in [1.165, 1.54) is 23.1 Å². The van der Waals surface area contributed by atoms with Crippen molar-refractivity contribution in [1.29, 1.82) is 0 Å². The number of hydrogen-bond donors (Lipinski definition) is 1. The number of piperidine rings is 1. The lowest BCUT2D eigenvalue weighted by Crippen LogP contribution is -2.38. The second kappa shape index (κ2) is 9.09. The maximum Gasteiger partial charge on any atom is 0.324 e. The number of aromatic nitrogens is 6. The molecule has 0 aliphatic carbocycles. The Labute approximate surface area is 206 Å². The molecule has 190 valence electrons. The first-order chi connectivity index (χ1) is 17.1. The van der Waals surface area contributed by atoms with Gasteiger partial charge in [0.1, 0.15) is 23.8 Å². The van der Waals surface area contributed by atoms with E-state index in [2.05, 4.69) is 25.2 Å². The Morgan fingerprint density at radius 3 is 2.58 bits per heavy atom. The molecule has 1 saturated heterocycles. The molecule has 5 rings (SSSR count). The lowest BCUT2D eigenvalue weighted by molar-refractivity contribution is 0.163. The molecule has 12 nitrogen and oxygen atoms in total. The Hall–Kier alpha value is -3.65. The summed E-state index contributed by atoms with van der Waals surface area (Å²) in [6.07, 6.45) is 2.62. The van der Waals surface area contributed by atoms with E-state index in [0.29, 0.717) is 60.4 Å². The summed E-state index contributed by atoms with van der Waals surface area (Å²) >= 11 is 0. The highest BCUT2D eigenvalue weighted by Gasteiger charge is 2.27. The molecular formula is C22H25FN8O4S. The minimum Gasteiger partial charge on any atom is -0.473 e. The van der Waals surface area contributed by atoms with Gasteiger partial charge in [-0.3, -0.25) is 4.68 Å². The molecule has 0 spiro atoms. The van der Waals surface area contributed by atoms with Crippen LogP contribution in [-0.4, -0.2) is 57.5 Å². The van der Waals surface area contributed by atoms with E-state index in [-0.39, 0.29) is 22.5 Å². The lowest BCUT2D eigenvalue weighted by Gasteiger charge is -2.30. The molecule has 1 aliphatic heterocycles. The fourth-order valence-corrected chi connectivity index (χ4v) is 4.67. The predicted molar refractivity (Wildman–Crippen MR) is 127 cm³/mol. The highest BCUT2D eigenvalue weighted by atomic mass is 32.2. The van der Waals surface area contributed by atoms with Gasteiger partial charge in [-0.25, -0.2) is 22.9 Å². The number of hydrogen-bond acceptors (Lipinski definition) is 10. The molecule has 1 aromatic carbocycles. The van der Waals surface area contributed by atoms with Crippen LogP contribution in [0.3, 0.4) is 0 Å². The number of aryl methyl sites for hydroxylation is 1. The molecule has 14 heteroatoms. The number of nitrogens with zero attached hydrogens (tertiary/aromatic N) is 7. The van der Waals surface area contributed by atoms with Crippen molar-refractivity contribution in [3.8, 4) is 17.1 Å². The van der Waals surface area contributed by atoms with Crippen LogP contribution in [0.2, 0.25) is 0 Å². The zero-order valence-electron chi connectivity index (χ0n) is 19.9. The third-order valence-corrected chi connectivity index (χ3v) is 6.96. The number of rotatable bonds is 6. The number of fused-ring (bicyclic) bond motifs is 1. The number of ether oxygens (including phenoxy) is 1. The van der Waals surface area contributed by atoms with Crippen LogP contribution in [0.1, 0.15) is 38.4 Å². The summed E-state index contributed by atoms with van der Waals surface area (Å²) in [5.74, 6) is 0.392.